The van der Waals surface area contributed by atoms with Gasteiger partial charge in [0.15, 0.2) is 5.82 Å². The van der Waals surface area contributed by atoms with Gasteiger partial charge in [0.25, 0.3) is 0 Å². The fourth-order valence-electron chi connectivity index (χ4n) is 2.41. The molecule has 3 rings (SSSR count). The minimum absolute atomic E-state index is 0.201. The molecule has 0 aliphatic rings. The van der Waals surface area contributed by atoms with Gasteiger partial charge < -0.3 is 5.32 Å². The molecule has 0 radical (unpaired) electrons. The number of anilines is 1. The summed E-state index contributed by atoms with van der Waals surface area (Å²) < 4.78 is 0. The van der Waals surface area contributed by atoms with Crippen LogP contribution in [0.15, 0.2) is 60.9 Å². The molecule has 1 N–H and O–H groups in total. The van der Waals surface area contributed by atoms with E-state index < -0.39 is 5.41 Å². The molecule has 6 heteroatoms. The van der Waals surface area contributed by atoms with Gasteiger partial charge in [-0.1, -0.05) is 18.2 Å². The van der Waals surface area contributed by atoms with Gasteiger partial charge in [0.1, 0.15) is 11.5 Å². The lowest BCUT2D eigenvalue weighted by atomic mass is 9.83. The van der Waals surface area contributed by atoms with Crippen molar-refractivity contribution in [3.8, 4) is 17.6 Å². The molecule has 0 aliphatic carbocycles. The zero-order chi connectivity index (χ0) is 18.6. The normalized spacial score (nSPS) is 10.8. The predicted octanol–water partition coefficient (Wildman–Crippen LogP) is 3.33. The number of carbonyl (C=O) groups excluding carboxylic acids is 1. The van der Waals surface area contributed by atoms with Crippen molar-refractivity contribution in [1.29, 1.82) is 5.26 Å². The minimum atomic E-state index is -0.788. The van der Waals surface area contributed by atoms with Gasteiger partial charge in [-0.15, -0.1) is 0 Å². The molecule has 0 saturated carbocycles. The van der Waals surface area contributed by atoms with Gasteiger partial charge in [-0.05, 0) is 49.7 Å². The molecule has 1 aromatic carbocycles. The van der Waals surface area contributed by atoms with Crippen LogP contribution in [-0.4, -0.2) is 20.9 Å². The van der Waals surface area contributed by atoms with Crippen LogP contribution in [0.3, 0.4) is 0 Å². The van der Waals surface area contributed by atoms with Crippen LogP contribution in [0.2, 0.25) is 0 Å². The van der Waals surface area contributed by atoms with E-state index in [1.165, 1.54) is 0 Å². The van der Waals surface area contributed by atoms with E-state index in [-0.39, 0.29) is 5.91 Å². The van der Waals surface area contributed by atoms with Crippen molar-refractivity contribution in [2.45, 2.75) is 19.3 Å². The van der Waals surface area contributed by atoms with Gasteiger partial charge in [-0.3, -0.25) is 9.78 Å². The number of carbonyl (C=O) groups is 1. The van der Waals surface area contributed by atoms with E-state index in [0.717, 1.165) is 5.56 Å². The SMILES string of the molecule is CC(C)(C(=O)Nc1ccnc(-c2ccccn2)n1)c1ccc(C#N)cc1. The summed E-state index contributed by atoms with van der Waals surface area (Å²) in [7, 11) is 0. The van der Waals surface area contributed by atoms with E-state index in [1.54, 1.807) is 42.7 Å². The second-order valence-corrected chi connectivity index (χ2v) is 6.25. The summed E-state index contributed by atoms with van der Waals surface area (Å²) in [5.41, 5.74) is 1.22. The molecular formula is C20H17N5O. The number of nitriles is 1. The topological polar surface area (TPSA) is 91.6 Å². The lowest BCUT2D eigenvalue weighted by Crippen LogP contribution is -2.35. The third kappa shape index (κ3) is 3.57. The summed E-state index contributed by atoms with van der Waals surface area (Å²) in [6, 6.07) is 16.2. The van der Waals surface area contributed by atoms with Gasteiger partial charge in [0.05, 0.1) is 17.0 Å². The summed E-state index contributed by atoms with van der Waals surface area (Å²) in [6.45, 7) is 3.65. The second kappa shape index (κ2) is 7.11. The quantitative estimate of drug-likeness (QED) is 0.784. The van der Waals surface area contributed by atoms with Gasteiger partial charge >= 0.3 is 0 Å². The number of hydrogen-bond acceptors (Lipinski definition) is 5. The van der Waals surface area contributed by atoms with E-state index in [4.69, 9.17) is 5.26 Å². The first kappa shape index (κ1) is 17.2. The molecule has 3 aromatic rings. The fraction of sp³-hybridized carbons (Fsp3) is 0.150. The van der Waals surface area contributed by atoms with Crippen molar-refractivity contribution in [2.75, 3.05) is 5.32 Å². The van der Waals surface area contributed by atoms with Crippen LogP contribution in [0, 0.1) is 11.3 Å². The Hall–Kier alpha value is -3.59. The highest BCUT2D eigenvalue weighted by Crippen LogP contribution is 2.25. The monoisotopic (exact) mass is 343 g/mol. The lowest BCUT2D eigenvalue weighted by molar-refractivity contribution is -0.120. The Morgan fingerprint density at radius 3 is 2.46 bits per heavy atom. The first-order chi connectivity index (χ1) is 12.5. The van der Waals surface area contributed by atoms with Gasteiger partial charge in [0, 0.05) is 12.4 Å². The van der Waals surface area contributed by atoms with E-state index in [1.807, 2.05) is 32.0 Å². The minimum Gasteiger partial charge on any atom is -0.310 e. The Balaban J connectivity index is 1.82. The maximum Gasteiger partial charge on any atom is 0.235 e. The molecule has 2 heterocycles. The lowest BCUT2D eigenvalue weighted by Gasteiger charge is -2.24. The molecule has 128 valence electrons. The highest BCUT2D eigenvalue weighted by Gasteiger charge is 2.30. The van der Waals surface area contributed by atoms with E-state index >= 15 is 0 Å². The standard InChI is InChI=1S/C20H17N5O/c1-20(2,15-8-6-14(13-21)7-9-15)19(26)25-17-10-12-23-18(24-17)16-5-3-4-11-22-16/h3-12H,1-2H3,(H,23,24,25,26). The molecule has 0 fully saturated rings. The number of hydrogen-bond donors (Lipinski definition) is 1. The molecule has 6 nitrogen and oxygen atoms in total. The van der Waals surface area contributed by atoms with Crippen molar-refractivity contribution < 1.29 is 4.79 Å². The zero-order valence-electron chi connectivity index (χ0n) is 14.5. The molecule has 0 saturated heterocycles. The number of nitrogens with zero attached hydrogens (tertiary/aromatic N) is 4. The van der Waals surface area contributed by atoms with Crippen LogP contribution in [0.25, 0.3) is 11.5 Å². The van der Waals surface area contributed by atoms with Gasteiger partial charge in [-0.2, -0.15) is 5.26 Å². The Kier molecular flexibility index (Phi) is 4.72. The highest BCUT2D eigenvalue weighted by molar-refractivity contribution is 5.98. The Morgan fingerprint density at radius 2 is 1.81 bits per heavy atom. The van der Waals surface area contributed by atoms with Crippen LogP contribution in [0.4, 0.5) is 5.82 Å². The van der Waals surface area contributed by atoms with Crippen molar-refractivity contribution in [3.63, 3.8) is 0 Å². The number of amides is 1. The number of aromatic nitrogens is 3. The van der Waals surface area contributed by atoms with Gasteiger partial charge in [-0.25, -0.2) is 9.97 Å². The average molecular weight is 343 g/mol. The van der Waals surface area contributed by atoms with E-state index in [2.05, 4.69) is 26.3 Å². The van der Waals surface area contributed by atoms with Gasteiger partial charge in [0.2, 0.25) is 5.91 Å². The third-order valence-electron chi connectivity index (χ3n) is 4.09. The Labute approximate surface area is 151 Å². The van der Waals surface area contributed by atoms with Crippen LogP contribution in [-0.2, 0) is 10.2 Å². The average Bonchev–Trinajstić information content (AvgIpc) is 2.69. The summed E-state index contributed by atoms with van der Waals surface area (Å²) in [6.07, 6.45) is 3.25. The summed E-state index contributed by atoms with van der Waals surface area (Å²) in [5, 5.41) is 11.7. The maximum atomic E-state index is 12.8. The molecule has 0 unspecified atom stereocenters. The second-order valence-electron chi connectivity index (χ2n) is 6.25. The van der Waals surface area contributed by atoms with E-state index in [0.29, 0.717) is 22.9 Å². The summed E-state index contributed by atoms with van der Waals surface area (Å²) >= 11 is 0. The van der Waals surface area contributed by atoms with Crippen LogP contribution >= 0.6 is 0 Å². The Bertz CT molecular complexity index is 959. The molecule has 1 amide bonds. The zero-order valence-corrected chi connectivity index (χ0v) is 14.5. The number of nitrogens with one attached hydrogen (secondary N) is 1. The van der Waals surface area contributed by atoms with Crippen LogP contribution < -0.4 is 5.32 Å². The summed E-state index contributed by atoms with van der Waals surface area (Å²) in [5.74, 6) is 0.653. The number of benzene rings is 1. The van der Waals surface area contributed by atoms with Crippen molar-refractivity contribution in [1.82, 2.24) is 15.0 Å². The van der Waals surface area contributed by atoms with Crippen LogP contribution in [0.5, 0.6) is 0 Å². The van der Waals surface area contributed by atoms with Crippen molar-refractivity contribution >= 4 is 11.7 Å². The molecular weight excluding hydrogens is 326 g/mol. The molecule has 0 atom stereocenters. The maximum absolute atomic E-state index is 12.8. The third-order valence-corrected chi connectivity index (χ3v) is 4.09. The smallest absolute Gasteiger partial charge is 0.235 e. The number of pyridine rings is 1. The summed E-state index contributed by atoms with van der Waals surface area (Å²) in [4.78, 5) is 25.6. The first-order valence-corrected chi connectivity index (χ1v) is 8.07. The molecule has 0 spiro atoms. The fourth-order valence-corrected chi connectivity index (χ4v) is 2.41. The first-order valence-electron chi connectivity index (χ1n) is 8.07. The Morgan fingerprint density at radius 1 is 1.04 bits per heavy atom. The largest absolute Gasteiger partial charge is 0.310 e. The predicted molar refractivity (Wildman–Crippen MR) is 98.1 cm³/mol. The van der Waals surface area contributed by atoms with E-state index in [9.17, 15) is 4.79 Å². The molecule has 26 heavy (non-hydrogen) atoms. The number of rotatable bonds is 4. The highest BCUT2D eigenvalue weighted by atomic mass is 16.2. The van der Waals surface area contributed by atoms with Crippen molar-refractivity contribution in [2.24, 2.45) is 0 Å². The molecule has 2 aromatic heterocycles. The molecule has 0 bridgehead atoms. The molecule has 0 aliphatic heterocycles. The van der Waals surface area contributed by atoms with Crippen LogP contribution in [0.1, 0.15) is 25.0 Å². The van der Waals surface area contributed by atoms with Crippen molar-refractivity contribution in [3.05, 3.63) is 72.1 Å².